The number of aromatic amines is 1. The summed E-state index contributed by atoms with van der Waals surface area (Å²) in [6, 6.07) is 2.07. The van der Waals surface area contributed by atoms with Gasteiger partial charge >= 0.3 is 0 Å². The average molecular weight is 205 g/mol. The predicted molar refractivity (Wildman–Crippen MR) is 62.2 cm³/mol. The molecule has 1 heterocycles. The second-order valence-corrected chi connectivity index (χ2v) is 5.03. The molecule has 0 saturated carbocycles. The molecule has 15 heavy (non-hydrogen) atoms. The van der Waals surface area contributed by atoms with Crippen LogP contribution in [0.3, 0.4) is 0 Å². The highest BCUT2D eigenvalue weighted by atomic mass is 16.1. The van der Waals surface area contributed by atoms with Gasteiger partial charge in [-0.05, 0) is 49.7 Å². The molecule has 0 spiro atoms. The number of pyridine rings is 1. The first-order valence-electron chi connectivity index (χ1n) is 5.79. The van der Waals surface area contributed by atoms with Crippen LogP contribution in [-0.2, 0) is 12.8 Å². The molecular weight excluding hydrogens is 186 g/mol. The molecule has 1 N–H and O–H groups in total. The van der Waals surface area contributed by atoms with Crippen LogP contribution < -0.4 is 5.56 Å². The molecule has 0 fully saturated rings. The molecule has 1 aliphatic rings. The number of rotatable bonds is 1. The first-order valence-corrected chi connectivity index (χ1v) is 5.79. The predicted octanol–water partition coefficient (Wildman–Crippen LogP) is 2.44. The van der Waals surface area contributed by atoms with E-state index in [2.05, 4.69) is 24.9 Å². The Labute approximate surface area is 90.7 Å². The van der Waals surface area contributed by atoms with Crippen LogP contribution in [0.2, 0.25) is 0 Å². The molecule has 2 rings (SSSR count). The van der Waals surface area contributed by atoms with Crippen molar-refractivity contribution in [3.8, 4) is 0 Å². The van der Waals surface area contributed by atoms with Crippen LogP contribution in [0.15, 0.2) is 10.9 Å². The lowest BCUT2D eigenvalue weighted by molar-refractivity contribution is 0.340. The van der Waals surface area contributed by atoms with Crippen LogP contribution in [0.4, 0.5) is 0 Å². The fraction of sp³-hybridized carbons (Fsp3) is 0.615. The second-order valence-electron chi connectivity index (χ2n) is 5.03. The van der Waals surface area contributed by atoms with Crippen LogP contribution in [0, 0.1) is 18.8 Å². The van der Waals surface area contributed by atoms with Gasteiger partial charge in [-0.2, -0.15) is 0 Å². The van der Waals surface area contributed by atoms with Gasteiger partial charge in [-0.3, -0.25) is 4.79 Å². The lowest BCUT2D eigenvalue weighted by Gasteiger charge is -2.27. The first kappa shape index (κ1) is 10.5. The molecule has 0 saturated heterocycles. The molecule has 82 valence electrons. The van der Waals surface area contributed by atoms with Crippen LogP contribution in [0.5, 0.6) is 0 Å². The smallest absolute Gasteiger partial charge is 0.251 e. The van der Waals surface area contributed by atoms with E-state index in [0.717, 1.165) is 30.2 Å². The lowest BCUT2D eigenvalue weighted by Crippen LogP contribution is -2.23. The summed E-state index contributed by atoms with van der Waals surface area (Å²) in [6.07, 6.45) is 3.38. The maximum absolute atomic E-state index is 11.5. The molecule has 1 aliphatic carbocycles. The van der Waals surface area contributed by atoms with Crippen molar-refractivity contribution in [2.45, 2.75) is 40.0 Å². The van der Waals surface area contributed by atoms with E-state index in [1.54, 1.807) is 0 Å². The average Bonchev–Trinajstić information content (AvgIpc) is 2.19. The van der Waals surface area contributed by atoms with Gasteiger partial charge in [0.05, 0.1) is 0 Å². The zero-order chi connectivity index (χ0) is 11.0. The van der Waals surface area contributed by atoms with Gasteiger partial charge in [0.2, 0.25) is 0 Å². The molecule has 0 bridgehead atoms. The molecule has 0 amide bonds. The standard InChI is InChI=1S/C13H19NO/c1-8(2)10-4-5-12-11(7-10)6-9(3)13(15)14-12/h6,8,10H,4-5,7H2,1-3H3,(H,14,15). The molecule has 1 aromatic rings. The van der Waals surface area contributed by atoms with Crippen LogP contribution in [0.25, 0.3) is 0 Å². The highest BCUT2D eigenvalue weighted by Crippen LogP contribution is 2.28. The number of H-pyrrole nitrogens is 1. The third-order valence-corrected chi connectivity index (χ3v) is 3.59. The number of nitrogens with one attached hydrogen (secondary N) is 1. The van der Waals surface area contributed by atoms with Gasteiger partial charge in [-0.15, -0.1) is 0 Å². The quantitative estimate of drug-likeness (QED) is 0.750. The molecule has 1 unspecified atom stereocenters. The van der Waals surface area contributed by atoms with E-state index in [1.165, 1.54) is 17.7 Å². The Morgan fingerprint density at radius 1 is 1.47 bits per heavy atom. The molecule has 0 aliphatic heterocycles. The van der Waals surface area contributed by atoms with E-state index in [9.17, 15) is 4.79 Å². The van der Waals surface area contributed by atoms with Gasteiger partial charge in [-0.1, -0.05) is 13.8 Å². The summed E-state index contributed by atoms with van der Waals surface area (Å²) < 4.78 is 0. The van der Waals surface area contributed by atoms with E-state index in [4.69, 9.17) is 0 Å². The second kappa shape index (κ2) is 3.84. The monoisotopic (exact) mass is 205 g/mol. The Bertz CT molecular complexity index is 417. The van der Waals surface area contributed by atoms with Crippen molar-refractivity contribution in [1.82, 2.24) is 4.98 Å². The summed E-state index contributed by atoms with van der Waals surface area (Å²) in [4.78, 5) is 14.5. The minimum absolute atomic E-state index is 0.0803. The Morgan fingerprint density at radius 2 is 2.20 bits per heavy atom. The van der Waals surface area contributed by atoms with Crippen molar-refractivity contribution in [3.05, 3.63) is 33.2 Å². The minimum atomic E-state index is 0.0803. The maximum Gasteiger partial charge on any atom is 0.251 e. The van der Waals surface area contributed by atoms with E-state index in [1.807, 2.05) is 6.92 Å². The van der Waals surface area contributed by atoms with Crippen molar-refractivity contribution in [1.29, 1.82) is 0 Å². The van der Waals surface area contributed by atoms with E-state index < -0.39 is 0 Å². The van der Waals surface area contributed by atoms with Crippen LogP contribution >= 0.6 is 0 Å². The summed E-state index contributed by atoms with van der Waals surface area (Å²) in [5, 5.41) is 0. The Balaban J connectivity index is 2.34. The number of hydrogen-bond acceptors (Lipinski definition) is 1. The first-order chi connectivity index (χ1) is 7.08. The minimum Gasteiger partial charge on any atom is -0.326 e. The van der Waals surface area contributed by atoms with Crippen molar-refractivity contribution in [2.24, 2.45) is 11.8 Å². The van der Waals surface area contributed by atoms with Gasteiger partial charge < -0.3 is 4.98 Å². The molecule has 0 aromatic carbocycles. The summed E-state index contributed by atoms with van der Waals surface area (Å²) >= 11 is 0. The Kier molecular flexibility index (Phi) is 2.68. The summed E-state index contributed by atoms with van der Waals surface area (Å²) in [5.74, 6) is 1.52. The van der Waals surface area contributed by atoms with E-state index in [-0.39, 0.29) is 5.56 Å². The van der Waals surface area contributed by atoms with E-state index in [0.29, 0.717) is 0 Å². The van der Waals surface area contributed by atoms with Crippen LogP contribution in [-0.4, -0.2) is 4.98 Å². The van der Waals surface area contributed by atoms with Crippen LogP contribution in [0.1, 0.15) is 37.1 Å². The van der Waals surface area contributed by atoms with Crippen molar-refractivity contribution >= 4 is 0 Å². The Hall–Kier alpha value is -1.05. The molecule has 1 atom stereocenters. The van der Waals surface area contributed by atoms with Gasteiger partial charge in [0.15, 0.2) is 0 Å². The summed E-state index contributed by atoms with van der Waals surface area (Å²) in [7, 11) is 0. The third-order valence-electron chi connectivity index (χ3n) is 3.59. The highest BCUT2D eigenvalue weighted by molar-refractivity contribution is 5.27. The number of aryl methyl sites for hydroxylation is 2. The third kappa shape index (κ3) is 1.99. The summed E-state index contributed by atoms with van der Waals surface area (Å²) in [5.41, 5.74) is 3.45. The SMILES string of the molecule is Cc1cc2c([nH]c1=O)CCC(C(C)C)C2. The molecular formula is C13H19NO. The molecule has 2 nitrogen and oxygen atoms in total. The molecule has 1 aromatic heterocycles. The van der Waals surface area contributed by atoms with Crippen molar-refractivity contribution < 1.29 is 0 Å². The lowest BCUT2D eigenvalue weighted by atomic mass is 9.80. The fourth-order valence-electron chi connectivity index (χ4n) is 2.42. The molecule has 2 heteroatoms. The largest absolute Gasteiger partial charge is 0.326 e. The zero-order valence-electron chi connectivity index (χ0n) is 9.76. The number of fused-ring (bicyclic) bond motifs is 1. The van der Waals surface area contributed by atoms with Gasteiger partial charge in [0.1, 0.15) is 0 Å². The highest BCUT2D eigenvalue weighted by Gasteiger charge is 2.21. The van der Waals surface area contributed by atoms with Gasteiger partial charge in [0.25, 0.3) is 5.56 Å². The normalized spacial score (nSPS) is 20.4. The maximum atomic E-state index is 11.5. The van der Waals surface area contributed by atoms with Crippen molar-refractivity contribution in [3.63, 3.8) is 0 Å². The molecule has 0 radical (unpaired) electrons. The number of aromatic nitrogens is 1. The summed E-state index contributed by atoms with van der Waals surface area (Å²) in [6.45, 7) is 6.46. The topological polar surface area (TPSA) is 32.9 Å². The zero-order valence-corrected chi connectivity index (χ0v) is 9.76. The number of hydrogen-bond donors (Lipinski definition) is 1. The van der Waals surface area contributed by atoms with Crippen molar-refractivity contribution in [2.75, 3.05) is 0 Å². The Morgan fingerprint density at radius 3 is 2.87 bits per heavy atom. The van der Waals surface area contributed by atoms with Gasteiger partial charge in [0, 0.05) is 11.3 Å². The van der Waals surface area contributed by atoms with Gasteiger partial charge in [-0.25, -0.2) is 0 Å². The van der Waals surface area contributed by atoms with E-state index >= 15 is 0 Å². The fourth-order valence-corrected chi connectivity index (χ4v) is 2.42.